The molecule has 0 atom stereocenters. The van der Waals surface area contributed by atoms with Gasteiger partial charge in [-0.25, -0.2) is 9.48 Å². The molecule has 0 spiro atoms. The maximum Gasteiger partial charge on any atom is 0.435 e. The van der Waals surface area contributed by atoms with Crippen LogP contribution in [0.1, 0.15) is 16.2 Å². The molecular weight excluding hydrogens is 231 g/mol. The zero-order chi connectivity index (χ0) is 12.3. The summed E-state index contributed by atoms with van der Waals surface area (Å²) in [4.78, 5) is 10.5. The number of carboxylic acids is 1. The third-order valence-corrected chi connectivity index (χ3v) is 1.71. The zero-order valence-corrected chi connectivity index (χ0v) is 8.15. The second-order valence-electron chi connectivity index (χ2n) is 2.81. The number of ether oxygens (including phenoxy) is 1. The third kappa shape index (κ3) is 2.48. The van der Waals surface area contributed by atoms with Gasteiger partial charge in [0.1, 0.15) is 0 Å². The minimum Gasteiger partial charge on any atom is -0.476 e. The van der Waals surface area contributed by atoms with Crippen molar-refractivity contribution in [3.8, 4) is 0 Å². The van der Waals surface area contributed by atoms with Gasteiger partial charge in [0.15, 0.2) is 5.69 Å². The number of hydrogen-bond acceptors (Lipinski definition) is 4. The van der Waals surface area contributed by atoms with E-state index in [0.29, 0.717) is 4.68 Å². The second-order valence-corrected chi connectivity index (χ2v) is 2.81. The second kappa shape index (κ2) is 4.47. The Hall–Kier alpha value is -1.64. The molecule has 1 aromatic heterocycles. The first-order valence-corrected chi connectivity index (χ1v) is 4.11. The van der Waals surface area contributed by atoms with E-state index in [9.17, 15) is 18.0 Å². The maximum atomic E-state index is 12.5. The largest absolute Gasteiger partial charge is 0.476 e. The Labute approximate surface area is 87.6 Å². The number of aromatic nitrogens is 3. The summed E-state index contributed by atoms with van der Waals surface area (Å²) in [5, 5.41) is 14.6. The fourth-order valence-corrected chi connectivity index (χ4v) is 1.07. The summed E-state index contributed by atoms with van der Waals surface area (Å²) in [6, 6.07) is 0. The lowest BCUT2D eigenvalue weighted by Crippen LogP contribution is -2.19. The van der Waals surface area contributed by atoms with Gasteiger partial charge < -0.3 is 9.84 Å². The van der Waals surface area contributed by atoms with Crippen molar-refractivity contribution in [2.45, 2.75) is 12.7 Å². The fraction of sp³-hybridized carbons (Fsp3) is 0.571. The van der Waals surface area contributed by atoms with Gasteiger partial charge in [0.2, 0.25) is 5.69 Å². The first-order valence-electron chi connectivity index (χ1n) is 4.11. The van der Waals surface area contributed by atoms with Crippen molar-refractivity contribution >= 4 is 5.97 Å². The molecule has 0 aliphatic carbocycles. The van der Waals surface area contributed by atoms with Crippen LogP contribution in [0.5, 0.6) is 0 Å². The van der Waals surface area contributed by atoms with Gasteiger partial charge in [0.25, 0.3) is 0 Å². The average Bonchev–Trinajstić information content (AvgIpc) is 2.57. The van der Waals surface area contributed by atoms with Crippen LogP contribution in [-0.2, 0) is 17.5 Å². The monoisotopic (exact) mass is 239 g/mol. The molecule has 0 bridgehead atoms. The van der Waals surface area contributed by atoms with Crippen molar-refractivity contribution < 1.29 is 27.8 Å². The van der Waals surface area contributed by atoms with Crippen molar-refractivity contribution in [1.29, 1.82) is 0 Å². The van der Waals surface area contributed by atoms with Gasteiger partial charge in [-0.2, -0.15) is 13.2 Å². The van der Waals surface area contributed by atoms with Gasteiger partial charge in [-0.05, 0) is 0 Å². The Morgan fingerprint density at radius 2 is 2.19 bits per heavy atom. The molecule has 0 saturated heterocycles. The van der Waals surface area contributed by atoms with Gasteiger partial charge in [-0.1, -0.05) is 5.21 Å². The van der Waals surface area contributed by atoms with Crippen molar-refractivity contribution in [1.82, 2.24) is 15.0 Å². The van der Waals surface area contributed by atoms with E-state index < -0.39 is 23.5 Å². The molecule has 0 unspecified atom stereocenters. The van der Waals surface area contributed by atoms with Crippen LogP contribution in [0, 0.1) is 0 Å². The van der Waals surface area contributed by atoms with E-state index in [2.05, 4.69) is 15.0 Å². The van der Waals surface area contributed by atoms with Crippen molar-refractivity contribution in [3.05, 3.63) is 11.4 Å². The van der Waals surface area contributed by atoms with Gasteiger partial charge in [-0.15, -0.1) is 5.10 Å². The van der Waals surface area contributed by atoms with E-state index in [4.69, 9.17) is 5.11 Å². The molecule has 0 aliphatic rings. The van der Waals surface area contributed by atoms with Gasteiger partial charge >= 0.3 is 12.1 Å². The SMILES string of the molecule is COCCn1nnc(C(=O)O)c1C(F)(F)F. The highest BCUT2D eigenvalue weighted by Gasteiger charge is 2.41. The first-order chi connectivity index (χ1) is 7.38. The predicted octanol–water partition coefficient (Wildman–Crippen LogP) is 0.642. The molecule has 0 saturated carbocycles. The fourth-order valence-electron chi connectivity index (χ4n) is 1.07. The minimum absolute atomic E-state index is 0.0223. The number of halogens is 3. The van der Waals surface area contributed by atoms with E-state index in [1.54, 1.807) is 0 Å². The zero-order valence-electron chi connectivity index (χ0n) is 8.15. The van der Waals surface area contributed by atoms with E-state index in [-0.39, 0.29) is 13.2 Å². The van der Waals surface area contributed by atoms with Crippen LogP contribution in [0.15, 0.2) is 0 Å². The highest BCUT2D eigenvalue weighted by molar-refractivity contribution is 5.86. The van der Waals surface area contributed by atoms with Crippen LogP contribution in [0.25, 0.3) is 0 Å². The lowest BCUT2D eigenvalue weighted by molar-refractivity contribution is -0.145. The Morgan fingerprint density at radius 1 is 1.56 bits per heavy atom. The standard InChI is InChI=1S/C7H8F3N3O3/c1-16-3-2-13-5(7(8,9)10)4(6(14)15)11-12-13/h2-3H2,1H3,(H,14,15). The number of methoxy groups -OCH3 is 1. The van der Waals surface area contributed by atoms with Crippen molar-refractivity contribution in [3.63, 3.8) is 0 Å². The van der Waals surface area contributed by atoms with E-state index in [1.807, 2.05) is 0 Å². The summed E-state index contributed by atoms with van der Waals surface area (Å²) < 4.78 is 42.6. The molecule has 1 aromatic rings. The molecule has 6 nitrogen and oxygen atoms in total. The average molecular weight is 239 g/mol. The van der Waals surface area contributed by atoms with Crippen LogP contribution in [0.4, 0.5) is 13.2 Å². The maximum absolute atomic E-state index is 12.5. The number of carboxylic acid groups (broad SMARTS) is 1. The molecule has 16 heavy (non-hydrogen) atoms. The van der Waals surface area contributed by atoms with E-state index in [0.717, 1.165) is 0 Å². The van der Waals surface area contributed by atoms with Crippen LogP contribution >= 0.6 is 0 Å². The number of carbonyl (C=O) groups is 1. The van der Waals surface area contributed by atoms with Crippen LogP contribution in [0.3, 0.4) is 0 Å². The molecule has 0 fully saturated rings. The molecule has 9 heteroatoms. The number of alkyl halides is 3. The Kier molecular flexibility index (Phi) is 3.48. The van der Waals surface area contributed by atoms with Crippen molar-refractivity contribution in [2.75, 3.05) is 13.7 Å². The highest BCUT2D eigenvalue weighted by atomic mass is 19.4. The predicted molar refractivity (Wildman–Crippen MR) is 43.9 cm³/mol. The third-order valence-electron chi connectivity index (χ3n) is 1.71. The molecule has 90 valence electrons. The topological polar surface area (TPSA) is 77.2 Å². The Bertz CT molecular complexity index is 388. The number of nitrogens with zero attached hydrogens (tertiary/aromatic N) is 3. The lowest BCUT2D eigenvalue weighted by Gasteiger charge is -2.09. The molecule has 0 radical (unpaired) electrons. The summed E-state index contributed by atoms with van der Waals surface area (Å²) in [6.07, 6.45) is -4.81. The smallest absolute Gasteiger partial charge is 0.435 e. The molecule has 1 N–H and O–H groups in total. The molecular formula is C7H8F3N3O3. The number of rotatable bonds is 4. The van der Waals surface area contributed by atoms with Gasteiger partial charge in [0.05, 0.1) is 13.2 Å². The normalized spacial score (nSPS) is 11.8. The van der Waals surface area contributed by atoms with E-state index in [1.165, 1.54) is 7.11 Å². The summed E-state index contributed by atoms with van der Waals surface area (Å²) in [5.41, 5.74) is -2.49. The van der Waals surface area contributed by atoms with Crippen LogP contribution in [0.2, 0.25) is 0 Å². The molecule has 0 amide bonds. The molecule has 0 aromatic carbocycles. The summed E-state index contributed by atoms with van der Waals surface area (Å²) >= 11 is 0. The quantitative estimate of drug-likeness (QED) is 0.834. The number of hydrogen-bond donors (Lipinski definition) is 1. The molecule has 0 aliphatic heterocycles. The lowest BCUT2D eigenvalue weighted by atomic mass is 10.3. The Balaban J connectivity index is 3.15. The minimum atomic E-state index is -4.81. The summed E-state index contributed by atoms with van der Waals surface area (Å²) in [5.74, 6) is -1.77. The van der Waals surface area contributed by atoms with Crippen LogP contribution < -0.4 is 0 Å². The van der Waals surface area contributed by atoms with E-state index >= 15 is 0 Å². The van der Waals surface area contributed by atoms with Gasteiger partial charge in [-0.3, -0.25) is 0 Å². The Morgan fingerprint density at radius 3 is 2.62 bits per heavy atom. The van der Waals surface area contributed by atoms with Crippen molar-refractivity contribution in [2.24, 2.45) is 0 Å². The highest BCUT2D eigenvalue weighted by Crippen LogP contribution is 2.30. The first kappa shape index (κ1) is 12.4. The molecule has 1 heterocycles. The molecule has 1 rings (SSSR count). The van der Waals surface area contributed by atoms with Crippen LogP contribution in [-0.4, -0.2) is 39.8 Å². The summed E-state index contributed by atoms with van der Waals surface area (Å²) in [7, 11) is 1.31. The number of aromatic carboxylic acids is 1. The summed E-state index contributed by atoms with van der Waals surface area (Å²) in [6.45, 7) is -0.239. The van der Waals surface area contributed by atoms with Gasteiger partial charge in [0, 0.05) is 7.11 Å².